The SMILES string of the molecule is Clc1cc(Br)c2cc[nH]c2n1.O=P(Cl)(Cl)Cl.O[n+]1ccc(Br)c2cc[nH]c21. The van der Waals surface area contributed by atoms with Gasteiger partial charge in [-0.2, -0.15) is 0 Å². The number of aromatic amines is 2. The molecule has 0 saturated carbocycles. The topological polar surface area (TPSA) is 85.7 Å². The van der Waals surface area contributed by atoms with E-state index in [2.05, 4.69) is 80.5 Å². The van der Waals surface area contributed by atoms with Crippen LogP contribution in [-0.4, -0.2) is 20.2 Å². The third-order valence-corrected chi connectivity index (χ3v) is 4.56. The van der Waals surface area contributed by atoms with Gasteiger partial charge in [0.05, 0.1) is 11.6 Å². The molecule has 0 bridgehead atoms. The van der Waals surface area contributed by atoms with Gasteiger partial charge in [0.15, 0.2) is 0 Å². The summed E-state index contributed by atoms with van der Waals surface area (Å²) >= 11 is 26.3. The number of nitrogens with zero attached hydrogens (tertiary/aromatic N) is 2. The minimum absolute atomic E-state index is 0.492. The van der Waals surface area contributed by atoms with Crippen LogP contribution in [0.2, 0.25) is 5.15 Å². The summed E-state index contributed by atoms with van der Waals surface area (Å²) in [5.74, 6) is 0. The zero-order valence-corrected chi connectivity index (χ0v) is 20.1. The molecule has 4 heterocycles. The lowest BCUT2D eigenvalue weighted by Gasteiger charge is -1.93. The molecular weight excluding hydrogens is 589 g/mol. The molecule has 0 amide bonds. The molecule has 13 heteroatoms. The number of halogens is 6. The molecular formula is C14H10Br2Cl4N4O2P+. The summed E-state index contributed by atoms with van der Waals surface area (Å²) in [6, 6.07) is 7.41. The Balaban J connectivity index is 0.000000157. The monoisotopic (exact) mass is 595 g/mol. The highest BCUT2D eigenvalue weighted by molar-refractivity contribution is 9.11. The van der Waals surface area contributed by atoms with Crippen LogP contribution in [0.3, 0.4) is 0 Å². The fraction of sp³-hybridized carbons (Fsp3) is 0. The Morgan fingerprint density at radius 2 is 1.63 bits per heavy atom. The molecule has 0 aromatic carbocycles. The third-order valence-electron chi connectivity index (χ3n) is 3.02. The maximum absolute atomic E-state index is 9.51. The number of hydrogen-bond donors (Lipinski definition) is 3. The number of rotatable bonds is 0. The average Bonchev–Trinajstić information content (AvgIpc) is 3.19. The van der Waals surface area contributed by atoms with E-state index in [4.69, 9.17) is 11.6 Å². The number of pyridine rings is 2. The van der Waals surface area contributed by atoms with Crippen molar-refractivity contribution in [1.29, 1.82) is 0 Å². The second-order valence-electron chi connectivity index (χ2n) is 4.81. The van der Waals surface area contributed by atoms with Crippen LogP contribution in [0.5, 0.6) is 0 Å². The fourth-order valence-corrected chi connectivity index (χ4v) is 3.31. The van der Waals surface area contributed by atoms with E-state index in [1.54, 1.807) is 24.5 Å². The van der Waals surface area contributed by atoms with Crippen molar-refractivity contribution in [2.45, 2.75) is 0 Å². The number of H-pyrrole nitrogens is 2. The molecule has 4 aromatic heterocycles. The van der Waals surface area contributed by atoms with E-state index >= 15 is 0 Å². The van der Waals surface area contributed by atoms with E-state index in [0.717, 1.165) is 30.1 Å². The molecule has 4 rings (SSSR count). The minimum atomic E-state index is -3.22. The van der Waals surface area contributed by atoms with Gasteiger partial charge in [0.25, 0.3) is 0 Å². The summed E-state index contributed by atoms with van der Waals surface area (Å²) in [7, 11) is 0. The van der Waals surface area contributed by atoms with Crippen molar-refractivity contribution >= 4 is 104 Å². The van der Waals surface area contributed by atoms with Crippen LogP contribution in [0.15, 0.2) is 51.8 Å². The Labute approximate surface area is 189 Å². The largest absolute Gasteiger partial charge is 0.350 e. The van der Waals surface area contributed by atoms with Gasteiger partial charge in [-0.1, -0.05) is 16.3 Å². The van der Waals surface area contributed by atoms with E-state index in [9.17, 15) is 9.77 Å². The first kappa shape index (κ1) is 22.8. The fourth-order valence-electron chi connectivity index (χ4n) is 2.01. The van der Waals surface area contributed by atoms with Crippen LogP contribution in [0.25, 0.3) is 22.1 Å². The first-order valence-electron chi connectivity index (χ1n) is 6.91. The standard InChI is InChI=1S/C7H4BrClN2.C7H5BrN2O.Cl3OP/c8-5-3-6(9)11-7-4(5)1-2-10-7;8-6-2-4-10(11)7-5(6)1-3-9-7;1-5(2,3)4/h1-3H,(H,10,11);1-4,11H;/p+1. The zero-order valence-electron chi connectivity index (χ0n) is 13.0. The Bertz CT molecular complexity index is 1070. The zero-order chi connectivity index (χ0) is 20.2. The lowest BCUT2D eigenvalue weighted by molar-refractivity contribution is -0.885. The summed E-state index contributed by atoms with van der Waals surface area (Å²) in [6.07, 6.45) is 5.18. The predicted octanol–water partition coefficient (Wildman–Crippen LogP) is 7.24. The lowest BCUT2D eigenvalue weighted by atomic mass is 10.3. The molecule has 0 spiro atoms. The Morgan fingerprint density at radius 1 is 1.04 bits per heavy atom. The van der Waals surface area contributed by atoms with Crippen LogP contribution in [0.4, 0.5) is 0 Å². The van der Waals surface area contributed by atoms with E-state index in [0.29, 0.717) is 10.8 Å². The van der Waals surface area contributed by atoms with Crippen molar-refractivity contribution in [2.24, 2.45) is 0 Å². The van der Waals surface area contributed by atoms with Gasteiger partial charge in [0.1, 0.15) is 17.0 Å². The summed E-state index contributed by atoms with van der Waals surface area (Å²) in [6.45, 7) is 0. The van der Waals surface area contributed by atoms with Crippen molar-refractivity contribution in [3.63, 3.8) is 0 Å². The van der Waals surface area contributed by atoms with Crippen molar-refractivity contribution in [3.05, 3.63) is 57.0 Å². The summed E-state index contributed by atoms with van der Waals surface area (Å²) in [4.78, 5) is 9.96. The van der Waals surface area contributed by atoms with Crippen molar-refractivity contribution < 1.29 is 14.5 Å². The van der Waals surface area contributed by atoms with Crippen LogP contribution < -0.4 is 4.73 Å². The van der Waals surface area contributed by atoms with Gasteiger partial charge in [0.2, 0.25) is 0 Å². The second-order valence-corrected chi connectivity index (χ2v) is 13.5. The molecule has 27 heavy (non-hydrogen) atoms. The van der Waals surface area contributed by atoms with Crippen LogP contribution >= 0.6 is 82.4 Å². The van der Waals surface area contributed by atoms with Gasteiger partial charge in [-0.3, -0.25) is 4.57 Å². The Kier molecular flexibility index (Phi) is 8.31. The van der Waals surface area contributed by atoms with Gasteiger partial charge >= 0.3 is 10.8 Å². The Morgan fingerprint density at radius 3 is 2.26 bits per heavy atom. The third kappa shape index (κ3) is 7.13. The quantitative estimate of drug-likeness (QED) is 0.0863. The highest BCUT2D eigenvalue weighted by atomic mass is 79.9. The molecule has 0 unspecified atom stereocenters. The van der Waals surface area contributed by atoms with E-state index in [-0.39, 0.29) is 0 Å². The van der Waals surface area contributed by atoms with Gasteiger partial charge in [-0.15, -0.1) is 0 Å². The van der Waals surface area contributed by atoms with E-state index in [1.807, 2.05) is 18.3 Å². The predicted molar refractivity (Wildman–Crippen MR) is 117 cm³/mol. The van der Waals surface area contributed by atoms with Gasteiger partial charge < -0.3 is 10.2 Å². The molecule has 0 radical (unpaired) electrons. The van der Waals surface area contributed by atoms with Gasteiger partial charge in [-0.05, 0) is 89.8 Å². The molecule has 0 aliphatic heterocycles. The normalized spacial score (nSPS) is 10.9. The summed E-state index contributed by atoms with van der Waals surface area (Å²) < 4.78 is 12.5. The maximum atomic E-state index is 9.51. The van der Waals surface area contributed by atoms with Crippen LogP contribution in [-0.2, 0) is 4.57 Å². The molecule has 4 aromatic rings. The highest BCUT2D eigenvalue weighted by Crippen LogP contribution is 2.61. The number of fused-ring (bicyclic) bond motifs is 2. The van der Waals surface area contributed by atoms with Crippen LogP contribution in [0.1, 0.15) is 0 Å². The number of hydrogen-bond acceptors (Lipinski definition) is 3. The first-order chi connectivity index (χ1) is 12.6. The van der Waals surface area contributed by atoms with Gasteiger partial charge in [0, 0.05) is 20.5 Å². The minimum Gasteiger partial charge on any atom is -0.350 e. The van der Waals surface area contributed by atoms with Gasteiger partial charge in [-0.25, -0.2) is 9.97 Å². The smallest absolute Gasteiger partial charge is 0.339 e. The Hall–Kier alpha value is -0.470. The van der Waals surface area contributed by atoms with Crippen LogP contribution in [0, 0.1) is 0 Å². The number of nitrogens with one attached hydrogen (secondary N) is 2. The highest BCUT2D eigenvalue weighted by Gasteiger charge is 2.09. The maximum Gasteiger partial charge on any atom is 0.339 e. The lowest BCUT2D eigenvalue weighted by Crippen LogP contribution is -2.30. The summed E-state index contributed by atoms with van der Waals surface area (Å²) in [5.41, 5.74) is 1.50. The number of aromatic nitrogens is 4. The molecule has 0 aliphatic rings. The molecule has 0 atom stereocenters. The summed E-state index contributed by atoms with van der Waals surface area (Å²) in [5, 5.41) is 8.54. The second kappa shape index (κ2) is 9.83. The van der Waals surface area contributed by atoms with Crippen molar-refractivity contribution in [1.82, 2.24) is 15.0 Å². The van der Waals surface area contributed by atoms with E-state index < -0.39 is 5.20 Å². The first-order valence-corrected chi connectivity index (χ1v) is 13.3. The average molecular weight is 599 g/mol. The van der Waals surface area contributed by atoms with Crippen molar-refractivity contribution in [2.75, 3.05) is 0 Å². The molecule has 144 valence electrons. The van der Waals surface area contributed by atoms with Crippen molar-refractivity contribution in [3.8, 4) is 0 Å². The molecule has 6 nitrogen and oxygen atoms in total. The van der Waals surface area contributed by atoms with E-state index in [1.165, 1.54) is 0 Å². The molecule has 0 saturated heterocycles. The molecule has 3 N–H and O–H groups in total. The molecule has 0 fully saturated rings. The molecule has 0 aliphatic carbocycles.